The molecule has 0 saturated heterocycles. The third-order valence-electron chi connectivity index (χ3n) is 8.44. The second-order valence-corrected chi connectivity index (χ2v) is 11.4. The maximum atomic E-state index is 9.91. The molecule has 0 atom stereocenters. The van der Waals surface area contributed by atoms with Gasteiger partial charge in [-0.05, 0) is 79.9 Å². The van der Waals surface area contributed by atoms with Crippen molar-refractivity contribution in [3.63, 3.8) is 0 Å². The topological polar surface area (TPSA) is 3.24 Å². The van der Waals surface area contributed by atoms with Gasteiger partial charge in [0.1, 0.15) is 0 Å². The highest BCUT2D eigenvalue weighted by Gasteiger charge is 2.37. The van der Waals surface area contributed by atoms with Crippen LogP contribution in [0.2, 0.25) is 0 Å². The average Bonchev–Trinajstić information content (AvgIpc) is 3.34. The summed E-state index contributed by atoms with van der Waals surface area (Å²) in [7, 11) is 0. The number of para-hydroxylation sites is 1. The molecule has 0 radical (unpaired) electrons. The number of rotatable bonds is 3. The highest BCUT2D eigenvalue weighted by molar-refractivity contribution is 6.10. The van der Waals surface area contributed by atoms with Gasteiger partial charge in [-0.15, -0.1) is 0 Å². The van der Waals surface area contributed by atoms with E-state index in [-0.39, 0.29) is 117 Å². The van der Waals surface area contributed by atoms with Gasteiger partial charge in [0.25, 0.3) is 0 Å². The van der Waals surface area contributed by atoms with E-state index in [0.29, 0.717) is 22.1 Å². The van der Waals surface area contributed by atoms with Crippen molar-refractivity contribution in [1.82, 2.24) is 0 Å². The first-order chi connectivity index (χ1) is 26.0. The zero-order valence-electron chi connectivity index (χ0n) is 37.9. The summed E-state index contributed by atoms with van der Waals surface area (Å²) in [6.07, 6.45) is 0. The first kappa shape index (κ1) is 13.4. The van der Waals surface area contributed by atoms with Gasteiger partial charge in [-0.25, -0.2) is 0 Å². The predicted octanol–water partition coefficient (Wildman–Crippen LogP) is 10.9. The van der Waals surface area contributed by atoms with Crippen molar-refractivity contribution < 1.29 is 20.6 Å². The first-order valence-corrected chi connectivity index (χ1v) is 13.4. The van der Waals surface area contributed by atoms with E-state index in [4.69, 9.17) is 15.1 Å². The summed E-state index contributed by atoms with van der Waals surface area (Å²) in [5.41, 5.74) is -0.541. The Morgan fingerprint density at radius 2 is 1.34 bits per heavy atom. The molecule has 6 aromatic rings. The van der Waals surface area contributed by atoms with Crippen LogP contribution >= 0.6 is 0 Å². The molecule has 1 nitrogen and oxygen atoms in total. The van der Waals surface area contributed by atoms with Crippen molar-refractivity contribution >= 4 is 27.8 Å². The lowest BCUT2D eigenvalue weighted by molar-refractivity contribution is 0.645. The van der Waals surface area contributed by atoms with Gasteiger partial charge < -0.3 is 4.90 Å². The average molecular weight is 543 g/mol. The number of benzene rings is 6. The molecule has 0 bridgehead atoms. The quantitative estimate of drug-likeness (QED) is 0.215. The highest BCUT2D eigenvalue weighted by Crippen LogP contribution is 2.55. The largest absolute Gasteiger partial charge is 0.310 e. The summed E-state index contributed by atoms with van der Waals surface area (Å²) in [5, 5.41) is 0.563. The van der Waals surface area contributed by atoms with Crippen molar-refractivity contribution in [2.45, 2.75) is 38.5 Å². The molecule has 2 aliphatic carbocycles. The molecule has 2 aliphatic rings. The number of hydrogen-bond acceptors (Lipinski definition) is 1. The number of anilines is 3. The number of hydrogen-bond donors (Lipinski definition) is 0. The van der Waals surface area contributed by atoms with E-state index in [0.717, 1.165) is 6.07 Å². The van der Waals surface area contributed by atoms with E-state index in [1.807, 2.05) is 0 Å². The van der Waals surface area contributed by atoms with Crippen LogP contribution in [0.1, 0.15) is 70.5 Å². The minimum atomic E-state index is -1.13. The normalized spacial score (nSPS) is 20.3. The van der Waals surface area contributed by atoms with Gasteiger partial charge in [-0.3, -0.25) is 0 Å². The fourth-order valence-corrected chi connectivity index (χ4v) is 6.42. The van der Waals surface area contributed by atoms with E-state index in [1.165, 1.54) is 35.2 Å². The Balaban J connectivity index is 1.62. The van der Waals surface area contributed by atoms with Crippen LogP contribution in [0.4, 0.5) is 17.1 Å². The summed E-state index contributed by atoms with van der Waals surface area (Å²) in [6, 6.07) is 3.23. The van der Waals surface area contributed by atoms with Gasteiger partial charge in [0.2, 0.25) is 0 Å². The molecule has 0 aromatic heterocycles. The van der Waals surface area contributed by atoms with E-state index < -0.39 is 35.0 Å². The van der Waals surface area contributed by atoms with Crippen LogP contribution in [0.3, 0.4) is 0 Å². The smallest absolute Gasteiger partial charge is 0.0648 e. The predicted molar refractivity (Wildman–Crippen MR) is 174 cm³/mol. The van der Waals surface area contributed by atoms with Crippen LogP contribution < -0.4 is 4.90 Å². The van der Waals surface area contributed by atoms with E-state index in [2.05, 4.69) is 0 Å². The fraction of sp³-hybridized carbons (Fsp3) is 0.150. The molecule has 0 heterocycles. The van der Waals surface area contributed by atoms with Gasteiger partial charge in [0.15, 0.2) is 0 Å². The third kappa shape index (κ3) is 3.29. The molecular weight excluding hydrogens is 494 g/mol. The van der Waals surface area contributed by atoms with Crippen molar-refractivity contribution in [2.75, 3.05) is 4.90 Å². The zero-order chi connectivity index (χ0) is 41.0. The summed E-state index contributed by atoms with van der Waals surface area (Å²) in [6.45, 7) is 7.12. The summed E-state index contributed by atoms with van der Waals surface area (Å²) < 4.78 is 135. The summed E-state index contributed by atoms with van der Waals surface area (Å²) >= 11 is 0. The van der Waals surface area contributed by atoms with Gasteiger partial charge in [0.05, 0.1) is 26.2 Å². The molecule has 41 heavy (non-hydrogen) atoms. The lowest BCUT2D eigenvalue weighted by Crippen LogP contribution is -2.24. The second-order valence-electron chi connectivity index (χ2n) is 11.4. The maximum Gasteiger partial charge on any atom is 0.0648 e. The van der Waals surface area contributed by atoms with Crippen LogP contribution in [0, 0.1) is 0 Å². The van der Waals surface area contributed by atoms with Crippen LogP contribution in [-0.4, -0.2) is 0 Å². The van der Waals surface area contributed by atoms with Crippen molar-refractivity contribution in [1.29, 1.82) is 0 Å². The lowest BCUT2D eigenvalue weighted by atomic mass is 9.68. The lowest BCUT2D eigenvalue weighted by Gasteiger charge is -2.38. The standard InChI is InChI=1S/C40H33N/c1-39(2)33-19-11-9-17-31(33)38-36(24-21-26-13-12-20-34(39)37(26)38)41(27-14-6-5-7-15-27)28-22-23-30-29-16-8-10-18-32(29)40(3,4)35(30)25-28/h5-25H,1-4H3/i5D,6D,8D,9D,11D,12D,13D,14D,15D,16D,18D,19D,22D,24D,25D. The highest BCUT2D eigenvalue weighted by atomic mass is 15.1. The van der Waals surface area contributed by atoms with Crippen molar-refractivity contribution in [3.8, 4) is 22.3 Å². The monoisotopic (exact) mass is 542 g/mol. The Bertz CT molecular complexity index is 2820. The SMILES string of the molecule is [2H]c1cc([2H])c(N(c2c([2H])cc3c(c2[2H])C(C)(C)c2c([2H])cc([2H])c([2H])c2-3)c2c([2H])cc3c([2H])c([2H])cc4c3c2-c2cc([2H])c([2H])c([2H])c2C4(C)C)c([2H])c1[2H]. The Kier molecular flexibility index (Phi) is 2.75. The Morgan fingerprint density at radius 1 is 0.537 bits per heavy atom. The van der Waals surface area contributed by atoms with Crippen LogP contribution in [0.25, 0.3) is 33.0 Å². The zero-order valence-corrected chi connectivity index (χ0v) is 22.9. The van der Waals surface area contributed by atoms with Crippen LogP contribution in [-0.2, 0) is 10.8 Å². The molecule has 0 amide bonds. The molecule has 0 fully saturated rings. The van der Waals surface area contributed by atoms with Crippen molar-refractivity contribution in [2.24, 2.45) is 0 Å². The fourth-order valence-electron chi connectivity index (χ4n) is 6.42. The molecule has 8 rings (SSSR count). The molecule has 0 N–H and O–H groups in total. The van der Waals surface area contributed by atoms with Gasteiger partial charge in [-0.2, -0.15) is 0 Å². The minimum absolute atomic E-state index is 0.0245. The molecule has 1 heteroatoms. The molecular formula is C40H33N. The van der Waals surface area contributed by atoms with E-state index in [9.17, 15) is 5.48 Å². The minimum Gasteiger partial charge on any atom is -0.310 e. The second kappa shape index (κ2) is 8.44. The summed E-state index contributed by atoms with van der Waals surface area (Å²) in [5.74, 6) is 0. The van der Waals surface area contributed by atoms with Gasteiger partial charge in [0, 0.05) is 27.8 Å². The molecule has 6 aromatic carbocycles. The molecule has 198 valence electrons. The molecule has 0 spiro atoms. The van der Waals surface area contributed by atoms with Crippen LogP contribution in [0.15, 0.2) is 127 Å². The third-order valence-corrected chi connectivity index (χ3v) is 8.44. The van der Waals surface area contributed by atoms with Gasteiger partial charge in [-0.1, -0.05) is 125 Å². The number of fused-ring (bicyclic) bond motifs is 5. The van der Waals surface area contributed by atoms with E-state index in [1.54, 1.807) is 27.7 Å². The Hall–Kier alpha value is -4.62. The van der Waals surface area contributed by atoms with Gasteiger partial charge >= 0.3 is 0 Å². The van der Waals surface area contributed by atoms with Crippen LogP contribution in [0.5, 0.6) is 0 Å². The molecule has 0 aliphatic heterocycles. The van der Waals surface area contributed by atoms with E-state index >= 15 is 0 Å². The Morgan fingerprint density at radius 3 is 2.24 bits per heavy atom. The Labute approximate surface area is 263 Å². The first-order valence-electron chi connectivity index (χ1n) is 20.9. The molecule has 0 saturated carbocycles. The molecule has 0 unspecified atom stereocenters. The van der Waals surface area contributed by atoms with Crippen molar-refractivity contribution in [3.05, 3.63) is 149 Å². The maximum absolute atomic E-state index is 9.91. The number of nitrogens with zero attached hydrogens (tertiary/aromatic N) is 1. The summed E-state index contributed by atoms with van der Waals surface area (Å²) in [4.78, 5) is 1.20.